The first-order valence-electron chi connectivity index (χ1n) is 9.75. The molecule has 1 aliphatic rings. The van der Waals surface area contributed by atoms with Crippen molar-refractivity contribution < 1.29 is 19.5 Å². The van der Waals surface area contributed by atoms with E-state index in [2.05, 4.69) is 5.32 Å². The molecule has 4 N–H and O–H groups in total. The van der Waals surface area contributed by atoms with Crippen molar-refractivity contribution in [1.29, 1.82) is 0 Å². The van der Waals surface area contributed by atoms with Gasteiger partial charge in [-0.25, -0.2) is 0 Å². The topological polar surface area (TPSA) is 109 Å². The summed E-state index contributed by atoms with van der Waals surface area (Å²) >= 11 is 1.30. The summed E-state index contributed by atoms with van der Waals surface area (Å²) in [4.78, 5) is 37.6. The molecular weight excluding hydrogens is 388 g/mol. The van der Waals surface area contributed by atoms with Crippen molar-refractivity contribution in [2.24, 2.45) is 17.6 Å². The highest BCUT2D eigenvalue weighted by molar-refractivity contribution is 7.17. The predicted octanol–water partition coefficient (Wildman–Crippen LogP) is 4.27. The van der Waals surface area contributed by atoms with E-state index in [4.69, 9.17) is 5.73 Å². The average Bonchev–Trinajstić information content (AvgIpc) is 2.99. The van der Waals surface area contributed by atoms with Gasteiger partial charge in [0.05, 0.1) is 17.4 Å². The number of carboxylic acid groups (broad SMARTS) is 1. The van der Waals surface area contributed by atoms with Gasteiger partial charge in [-0.3, -0.25) is 14.4 Å². The first-order valence-corrected chi connectivity index (χ1v) is 10.6. The van der Waals surface area contributed by atoms with Crippen molar-refractivity contribution in [3.63, 3.8) is 0 Å². The SMILES string of the molecule is Cc1ccc(-c2c(C)sc(NC(=O)[C@H]3CCCC[C@H]3C(=O)O)c2C(N)=O)cc1C. The van der Waals surface area contributed by atoms with Crippen LogP contribution in [0.4, 0.5) is 5.00 Å². The van der Waals surface area contributed by atoms with Crippen LogP contribution in [0.1, 0.15) is 52.0 Å². The third-order valence-electron chi connectivity index (χ3n) is 5.78. The Kier molecular flexibility index (Phi) is 6.07. The maximum Gasteiger partial charge on any atom is 0.307 e. The molecule has 0 radical (unpaired) electrons. The molecule has 0 spiro atoms. The smallest absolute Gasteiger partial charge is 0.307 e. The number of thiophene rings is 1. The second-order valence-corrected chi connectivity index (χ2v) is 8.95. The fourth-order valence-corrected chi connectivity index (χ4v) is 5.14. The monoisotopic (exact) mass is 414 g/mol. The fourth-order valence-electron chi connectivity index (χ4n) is 4.06. The molecule has 7 heteroatoms. The van der Waals surface area contributed by atoms with Gasteiger partial charge >= 0.3 is 5.97 Å². The van der Waals surface area contributed by atoms with E-state index >= 15 is 0 Å². The highest BCUT2D eigenvalue weighted by Gasteiger charge is 2.36. The quantitative estimate of drug-likeness (QED) is 0.679. The first-order chi connectivity index (χ1) is 13.7. The fraction of sp³-hybridized carbons (Fsp3) is 0.409. The van der Waals surface area contributed by atoms with Crippen molar-refractivity contribution in [2.45, 2.75) is 46.5 Å². The summed E-state index contributed by atoms with van der Waals surface area (Å²) in [6.07, 6.45) is 2.65. The van der Waals surface area contributed by atoms with Gasteiger partial charge in [-0.1, -0.05) is 31.0 Å². The number of hydrogen-bond donors (Lipinski definition) is 3. The Hall–Kier alpha value is -2.67. The molecule has 2 atom stereocenters. The third kappa shape index (κ3) is 4.19. The summed E-state index contributed by atoms with van der Waals surface area (Å²) in [7, 11) is 0. The maximum atomic E-state index is 12.9. The van der Waals surface area contributed by atoms with Crippen LogP contribution in [0.3, 0.4) is 0 Å². The van der Waals surface area contributed by atoms with Crippen LogP contribution < -0.4 is 11.1 Å². The zero-order valence-electron chi connectivity index (χ0n) is 16.9. The molecule has 6 nitrogen and oxygen atoms in total. The number of aliphatic carboxylic acids is 1. The molecule has 0 unspecified atom stereocenters. The van der Waals surface area contributed by atoms with Gasteiger partial charge in [-0.15, -0.1) is 11.3 Å². The number of carbonyl (C=O) groups is 3. The Morgan fingerprint density at radius 2 is 1.72 bits per heavy atom. The normalized spacial score (nSPS) is 19.0. The summed E-state index contributed by atoms with van der Waals surface area (Å²) in [5.41, 5.74) is 9.81. The minimum atomic E-state index is -0.946. The van der Waals surface area contributed by atoms with E-state index in [1.807, 2.05) is 39.0 Å². The van der Waals surface area contributed by atoms with Crippen molar-refractivity contribution >= 4 is 34.1 Å². The molecule has 29 heavy (non-hydrogen) atoms. The Balaban J connectivity index is 1.98. The number of primary amides is 1. The van der Waals surface area contributed by atoms with Crippen molar-refractivity contribution in [2.75, 3.05) is 5.32 Å². The predicted molar refractivity (Wildman–Crippen MR) is 114 cm³/mol. The number of hydrogen-bond acceptors (Lipinski definition) is 4. The van der Waals surface area contributed by atoms with Crippen LogP contribution >= 0.6 is 11.3 Å². The number of nitrogens with two attached hydrogens (primary N) is 1. The van der Waals surface area contributed by atoms with Crippen LogP contribution in [-0.2, 0) is 9.59 Å². The molecule has 0 bridgehead atoms. The molecule has 1 aromatic heterocycles. The molecule has 1 heterocycles. The van der Waals surface area contributed by atoms with Gasteiger partial charge in [-0.05, 0) is 50.3 Å². The van der Waals surface area contributed by atoms with Crippen molar-refractivity contribution in [3.8, 4) is 11.1 Å². The second-order valence-electron chi connectivity index (χ2n) is 7.73. The minimum absolute atomic E-state index is 0.284. The minimum Gasteiger partial charge on any atom is -0.481 e. The van der Waals surface area contributed by atoms with Gasteiger partial charge in [0.1, 0.15) is 5.00 Å². The summed E-state index contributed by atoms with van der Waals surface area (Å²) in [6.45, 7) is 5.91. The van der Waals surface area contributed by atoms with E-state index in [1.165, 1.54) is 11.3 Å². The molecule has 154 valence electrons. The summed E-state index contributed by atoms with van der Waals surface area (Å²) < 4.78 is 0. The zero-order valence-corrected chi connectivity index (χ0v) is 17.7. The molecule has 1 fully saturated rings. The number of nitrogens with one attached hydrogen (secondary N) is 1. The molecule has 2 aromatic rings. The summed E-state index contributed by atoms with van der Waals surface area (Å²) in [5, 5.41) is 12.7. The molecule has 3 rings (SSSR count). The van der Waals surface area contributed by atoms with E-state index in [1.54, 1.807) is 0 Å². The van der Waals surface area contributed by atoms with E-state index in [9.17, 15) is 19.5 Å². The van der Waals surface area contributed by atoms with Gasteiger partial charge in [0.25, 0.3) is 5.91 Å². The summed E-state index contributed by atoms with van der Waals surface area (Å²) in [5.74, 6) is -3.21. The largest absolute Gasteiger partial charge is 0.481 e. The van der Waals surface area contributed by atoms with Crippen LogP contribution in [0, 0.1) is 32.6 Å². The lowest BCUT2D eigenvalue weighted by molar-refractivity contribution is -0.147. The number of carbonyl (C=O) groups excluding carboxylic acids is 2. The number of amides is 2. The lowest BCUT2D eigenvalue weighted by Crippen LogP contribution is -2.36. The maximum absolute atomic E-state index is 12.9. The Morgan fingerprint density at radius 1 is 1.07 bits per heavy atom. The van der Waals surface area contributed by atoms with E-state index < -0.39 is 23.7 Å². The van der Waals surface area contributed by atoms with Crippen LogP contribution in [0.2, 0.25) is 0 Å². The zero-order chi connectivity index (χ0) is 21.3. The Labute approximate surface area is 174 Å². The van der Waals surface area contributed by atoms with Gasteiger partial charge < -0.3 is 16.2 Å². The van der Waals surface area contributed by atoms with Crippen LogP contribution in [-0.4, -0.2) is 22.9 Å². The van der Waals surface area contributed by atoms with Crippen LogP contribution in [0.5, 0.6) is 0 Å². The average molecular weight is 415 g/mol. The molecule has 0 saturated heterocycles. The molecular formula is C22H26N2O4S. The van der Waals surface area contributed by atoms with Gasteiger partial charge in [0, 0.05) is 10.4 Å². The van der Waals surface area contributed by atoms with Gasteiger partial charge in [-0.2, -0.15) is 0 Å². The highest BCUT2D eigenvalue weighted by Crippen LogP contribution is 2.41. The van der Waals surface area contributed by atoms with Crippen LogP contribution in [0.25, 0.3) is 11.1 Å². The van der Waals surface area contributed by atoms with E-state index in [-0.39, 0.29) is 11.5 Å². The van der Waals surface area contributed by atoms with Gasteiger partial charge in [0.2, 0.25) is 5.91 Å². The Bertz CT molecular complexity index is 979. The number of anilines is 1. The first kappa shape index (κ1) is 21.0. The number of carboxylic acids is 1. The third-order valence-corrected chi connectivity index (χ3v) is 6.80. The number of rotatable bonds is 5. The molecule has 0 aliphatic heterocycles. The molecule has 1 saturated carbocycles. The number of benzene rings is 1. The van der Waals surface area contributed by atoms with Crippen molar-refractivity contribution in [3.05, 3.63) is 39.8 Å². The van der Waals surface area contributed by atoms with Crippen LogP contribution in [0.15, 0.2) is 18.2 Å². The Morgan fingerprint density at radius 3 is 2.31 bits per heavy atom. The lowest BCUT2D eigenvalue weighted by Gasteiger charge is -2.27. The second kappa shape index (κ2) is 8.37. The van der Waals surface area contributed by atoms with E-state index in [0.29, 0.717) is 17.8 Å². The van der Waals surface area contributed by atoms with E-state index in [0.717, 1.165) is 40.0 Å². The molecule has 1 aromatic carbocycles. The lowest BCUT2D eigenvalue weighted by atomic mass is 9.78. The highest BCUT2D eigenvalue weighted by atomic mass is 32.1. The number of aryl methyl sites for hydroxylation is 3. The summed E-state index contributed by atoms with van der Waals surface area (Å²) in [6, 6.07) is 5.94. The molecule has 1 aliphatic carbocycles. The van der Waals surface area contributed by atoms with Crippen molar-refractivity contribution in [1.82, 2.24) is 0 Å². The van der Waals surface area contributed by atoms with Gasteiger partial charge in [0.15, 0.2) is 0 Å². The standard InChI is InChI=1S/C22H26N2O4S/c1-11-8-9-14(10-12(11)2)17-13(3)29-21(18(17)19(23)25)24-20(26)15-6-4-5-7-16(15)22(27)28/h8-10,15-16H,4-7H2,1-3H3,(H2,23,25)(H,24,26)(H,27,28)/t15-,16+/m0/s1. The molecule has 2 amide bonds.